The summed E-state index contributed by atoms with van der Waals surface area (Å²) in [5, 5.41) is 41.1. The predicted molar refractivity (Wildman–Crippen MR) is 259 cm³/mol. The van der Waals surface area contributed by atoms with Crippen molar-refractivity contribution in [1.82, 2.24) is 25.1 Å². The first-order chi connectivity index (χ1) is 32.5. The number of fused-ring (bicyclic) bond motifs is 2. The van der Waals surface area contributed by atoms with Crippen LogP contribution in [0.5, 0.6) is 0 Å². The molecule has 0 radical (unpaired) electrons. The van der Waals surface area contributed by atoms with Gasteiger partial charge in [-0.15, -0.1) is 0 Å². The number of anilines is 1. The molecule has 67 heavy (non-hydrogen) atoms. The molecule has 5 N–H and O–H groups in total. The van der Waals surface area contributed by atoms with Gasteiger partial charge in [-0.2, -0.15) is 11.8 Å². The molecule has 2 aromatic carbocycles. The van der Waals surface area contributed by atoms with Crippen molar-refractivity contribution in [3.05, 3.63) is 124 Å². The number of nitrogens with zero attached hydrogens (tertiary/aromatic N) is 5. The van der Waals surface area contributed by atoms with Crippen LogP contribution in [0.1, 0.15) is 88.1 Å². The van der Waals surface area contributed by atoms with Crippen LogP contribution >= 0.6 is 11.8 Å². The average Bonchev–Trinajstić information content (AvgIpc) is 3.32. The molecule has 0 saturated heterocycles. The van der Waals surface area contributed by atoms with Crippen molar-refractivity contribution < 1.29 is 49.1 Å². The summed E-state index contributed by atoms with van der Waals surface area (Å²) in [6.07, 6.45) is 4.69. The third-order valence-electron chi connectivity index (χ3n) is 11.1. The van der Waals surface area contributed by atoms with Gasteiger partial charge in [-0.25, -0.2) is 19.6 Å². The summed E-state index contributed by atoms with van der Waals surface area (Å²) in [6, 6.07) is 25.6. The van der Waals surface area contributed by atoms with Crippen molar-refractivity contribution in [3.63, 3.8) is 0 Å². The van der Waals surface area contributed by atoms with Crippen molar-refractivity contribution in [2.24, 2.45) is 0 Å². The molecule has 16 nitrogen and oxygen atoms in total. The Balaban J connectivity index is 1.05. The maximum atomic E-state index is 13.6. The fourth-order valence-corrected chi connectivity index (χ4v) is 8.67. The standard InChI is InChI=1S/C50H64N6O10S/c1-37-31-38-11-4-6-18-46(38)56(32-39-12-3-5-15-43(37)39)48(60)20-19-47(59)51-21-7-2-8-30-67-36-42(66-29-25-55(23-27-58)34-41-14-10-17-45(53-41)50(63)64)35-65-28-24-54(22-26-57)33-40-13-9-16-44(52-40)49(61)62/h3-6,9-18,31,42,57-58H,2,7-8,19-30,32-36H2,1H3,(H,51,59)(H,61,62)(H,63,64)/b37-31-/t42-/m0/s1. The molecule has 0 saturated carbocycles. The summed E-state index contributed by atoms with van der Waals surface area (Å²) in [5.74, 6) is -0.941. The second kappa shape index (κ2) is 28.6. The molecule has 0 unspecified atom stereocenters. The highest BCUT2D eigenvalue weighted by Gasteiger charge is 2.23. The third-order valence-corrected chi connectivity index (χ3v) is 12.3. The maximum absolute atomic E-state index is 13.6. The molecule has 1 aliphatic heterocycles. The van der Waals surface area contributed by atoms with Gasteiger partial charge in [-0.1, -0.05) is 61.0 Å². The number of unbranched alkanes of at least 4 members (excludes halogenated alkanes) is 2. The first-order valence-corrected chi connectivity index (χ1v) is 23.9. The molecular formula is C50H64N6O10S. The topological polar surface area (TPSA) is 215 Å². The number of amides is 2. The second-order valence-corrected chi connectivity index (χ2v) is 17.4. The normalized spacial score (nSPS) is 13.6. The van der Waals surface area contributed by atoms with Crippen LogP contribution in [0.4, 0.5) is 5.69 Å². The zero-order valence-electron chi connectivity index (χ0n) is 38.3. The Morgan fingerprint density at radius 1 is 0.761 bits per heavy atom. The number of carboxylic acids is 2. The molecule has 4 aromatic rings. The number of allylic oxidation sites excluding steroid dienone is 1. The zero-order valence-corrected chi connectivity index (χ0v) is 39.1. The molecule has 17 heteroatoms. The van der Waals surface area contributed by atoms with Gasteiger partial charge in [0, 0.05) is 64.4 Å². The number of thioether (sulfide) groups is 1. The van der Waals surface area contributed by atoms with Crippen LogP contribution in [-0.2, 0) is 38.7 Å². The smallest absolute Gasteiger partial charge is 0.354 e. The molecule has 2 amide bonds. The van der Waals surface area contributed by atoms with E-state index in [-0.39, 0.29) is 55.4 Å². The predicted octanol–water partition coefficient (Wildman–Crippen LogP) is 5.47. The number of aromatic carboxylic acids is 2. The van der Waals surface area contributed by atoms with Crippen molar-refractivity contribution in [2.45, 2.75) is 64.8 Å². The molecule has 1 aliphatic rings. The van der Waals surface area contributed by atoms with Gasteiger partial charge in [0.2, 0.25) is 11.8 Å². The number of aliphatic hydroxyl groups is 2. The zero-order chi connectivity index (χ0) is 47.8. The van der Waals surface area contributed by atoms with E-state index in [1.54, 1.807) is 40.9 Å². The van der Waals surface area contributed by atoms with Crippen LogP contribution in [0.3, 0.4) is 0 Å². The van der Waals surface area contributed by atoms with Crippen LogP contribution in [0.15, 0.2) is 84.9 Å². The number of rotatable bonds is 30. The number of benzene rings is 2. The molecule has 3 heterocycles. The van der Waals surface area contributed by atoms with E-state index in [9.17, 15) is 39.6 Å². The number of carboxylic acid groups (broad SMARTS) is 2. The van der Waals surface area contributed by atoms with E-state index < -0.39 is 11.9 Å². The number of pyridine rings is 2. The molecule has 0 aliphatic carbocycles. The molecule has 0 spiro atoms. The highest BCUT2D eigenvalue weighted by Crippen LogP contribution is 2.32. The minimum absolute atomic E-state index is 0.0455. The number of hydrogen-bond acceptors (Lipinski definition) is 13. The minimum Gasteiger partial charge on any atom is -0.477 e. The lowest BCUT2D eigenvalue weighted by atomic mass is 9.95. The van der Waals surface area contributed by atoms with Crippen LogP contribution < -0.4 is 10.2 Å². The molecule has 0 bridgehead atoms. The van der Waals surface area contributed by atoms with Gasteiger partial charge >= 0.3 is 11.9 Å². The number of nitrogens with one attached hydrogen (secondary N) is 1. The van der Waals surface area contributed by atoms with Gasteiger partial charge in [0.25, 0.3) is 0 Å². The Bertz CT molecular complexity index is 2240. The SMILES string of the molecule is C/C1=C/c2ccccc2N(C(=O)CCC(=O)NCCCCCSC[C@H](COCCN(CCO)Cc2cccc(C(=O)O)n2)OCCN(CCO)Cc2cccc(C(=O)O)n2)Cc2ccccc21. The van der Waals surface area contributed by atoms with Crippen molar-refractivity contribution >= 4 is 52.9 Å². The number of hydrogen-bond donors (Lipinski definition) is 5. The maximum Gasteiger partial charge on any atom is 0.354 e. The molecular weight excluding hydrogens is 877 g/mol. The summed E-state index contributed by atoms with van der Waals surface area (Å²) < 4.78 is 12.4. The van der Waals surface area contributed by atoms with E-state index >= 15 is 0 Å². The highest BCUT2D eigenvalue weighted by atomic mass is 32.2. The summed E-state index contributed by atoms with van der Waals surface area (Å²) in [4.78, 5) is 63.4. The average molecular weight is 941 g/mol. The molecule has 0 fully saturated rings. The van der Waals surface area contributed by atoms with Gasteiger partial charge in [-0.3, -0.25) is 19.4 Å². The number of carbonyl (C=O) groups excluding carboxylic acids is 2. The fourth-order valence-electron chi connectivity index (χ4n) is 7.64. The number of aromatic nitrogens is 2. The summed E-state index contributed by atoms with van der Waals surface area (Å²) in [6.45, 7) is 6.16. The number of para-hydroxylation sites is 1. The first kappa shape index (κ1) is 52.4. The van der Waals surface area contributed by atoms with Crippen LogP contribution in [0.2, 0.25) is 0 Å². The lowest BCUT2D eigenvalue weighted by Crippen LogP contribution is -2.34. The van der Waals surface area contributed by atoms with Gasteiger partial charge in [-0.05, 0) is 84.2 Å². The lowest BCUT2D eigenvalue weighted by molar-refractivity contribution is -0.125. The van der Waals surface area contributed by atoms with E-state index in [2.05, 4.69) is 34.4 Å². The largest absolute Gasteiger partial charge is 0.477 e. The Morgan fingerprint density at radius 2 is 1.40 bits per heavy atom. The molecule has 5 rings (SSSR count). The third kappa shape index (κ3) is 17.9. The molecule has 2 aromatic heterocycles. The van der Waals surface area contributed by atoms with Crippen LogP contribution in [0, 0.1) is 0 Å². The summed E-state index contributed by atoms with van der Waals surface area (Å²) >= 11 is 1.74. The van der Waals surface area contributed by atoms with E-state index in [4.69, 9.17) is 9.47 Å². The second-order valence-electron chi connectivity index (χ2n) is 16.2. The van der Waals surface area contributed by atoms with Crippen molar-refractivity contribution in [1.29, 1.82) is 0 Å². The Labute approximate surface area is 397 Å². The van der Waals surface area contributed by atoms with Gasteiger partial charge in [0.1, 0.15) is 11.4 Å². The lowest BCUT2D eigenvalue weighted by Gasteiger charge is -2.28. The minimum atomic E-state index is -1.11. The van der Waals surface area contributed by atoms with Crippen LogP contribution in [-0.4, -0.2) is 147 Å². The first-order valence-electron chi connectivity index (χ1n) is 22.8. The Kier molecular flexibility index (Phi) is 22.4. The van der Waals surface area contributed by atoms with E-state index in [1.807, 2.05) is 52.3 Å². The quantitative estimate of drug-likeness (QED) is 0.0410. The Morgan fingerprint density at radius 3 is 2.07 bits per heavy atom. The van der Waals surface area contributed by atoms with Crippen molar-refractivity contribution in [2.75, 3.05) is 82.2 Å². The number of aliphatic hydroxyl groups excluding tert-OH is 2. The fraction of sp³-hybridized carbons (Fsp3) is 0.440. The van der Waals surface area contributed by atoms with Gasteiger partial charge in [0.05, 0.1) is 62.8 Å². The number of carbonyl (C=O) groups is 4. The van der Waals surface area contributed by atoms with E-state index in [0.717, 1.165) is 53.0 Å². The van der Waals surface area contributed by atoms with Crippen molar-refractivity contribution in [3.8, 4) is 0 Å². The summed E-state index contributed by atoms with van der Waals surface area (Å²) in [7, 11) is 0. The molecule has 360 valence electrons. The highest BCUT2D eigenvalue weighted by molar-refractivity contribution is 7.99. The van der Waals surface area contributed by atoms with E-state index in [1.165, 1.54) is 12.1 Å². The number of ether oxygens (including phenoxy) is 2. The van der Waals surface area contributed by atoms with Crippen LogP contribution in [0.25, 0.3) is 11.6 Å². The van der Waals surface area contributed by atoms with Gasteiger partial charge < -0.3 is 40.1 Å². The van der Waals surface area contributed by atoms with Gasteiger partial charge in [0.15, 0.2) is 0 Å². The summed E-state index contributed by atoms with van der Waals surface area (Å²) in [5.41, 5.74) is 6.16. The Hall–Kier alpha value is -5.53. The molecule has 1 atom stereocenters. The van der Waals surface area contributed by atoms with E-state index in [0.29, 0.717) is 89.3 Å². The monoisotopic (exact) mass is 940 g/mol.